The average Bonchev–Trinajstić information content (AvgIpc) is 2.62. The minimum absolute atomic E-state index is 0.00268. The summed E-state index contributed by atoms with van der Waals surface area (Å²) in [7, 11) is 0. The molecule has 0 bridgehead atoms. The first-order valence-electron chi connectivity index (χ1n) is 7.95. The molecule has 0 unspecified atom stereocenters. The summed E-state index contributed by atoms with van der Waals surface area (Å²) in [6, 6.07) is 7.54. The Hall–Kier alpha value is -2.84. The number of nitrogens with zero attached hydrogens (tertiary/aromatic N) is 2. The van der Waals surface area contributed by atoms with Gasteiger partial charge in [0, 0.05) is 29.6 Å². The minimum atomic E-state index is -0.546. The van der Waals surface area contributed by atoms with Crippen LogP contribution < -0.4 is 11.5 Å². The van der Waals surface area contributed by atoms with Gasteiger partial charge in [0.25, 0.3) is 17.5 Å². The first-order chi connectivity index (χ1) is 12.0. The monoisotopic (exact) mass is 342 g/mol. The second-order valence-electron chi connectivity index (χ2n) is 6.04. The summed E-state index contributed by atoms with van der Waals surface area (Å²) >= 11 is 0. The Morgan fingerprint density at radius 1 is 1.08 bits per heavy atom. The molecule has 0 fully saturated rings. The van der Waals surface area contributed by atoms with E-state index in [4.69, 9.17) is 11.5 Å². The number of benzene rings is 2. The van der Waals surface area contributed by atoms with Crippen LogP contribution in [0.15, 0.2) is 30.3 Å². The summed E-state index contributed by atoms with van der Waals surface area (Å²) in [5.41, 5.74) is 11.6. The van der Waals surface area contributed by atoms with E-state index in [1.807, 2.05) is 0 Å². The SMILES string of the molecule is NCC(CN)CCN1C(=O)c2cccc3cc([N+](=O)[O-])cc(c23)C1=O. The van der Waals surface area contributed by atoms with Crippen LogP contribution in [-0.4, -0.2) is 41.3 Å². The van der Waals surface area contributed by atoms with E-state index in [-0.39, 0.29) is 23.7 Å². The highest BCUT2D eigenvalue weighted by atomic mass is 16.6. The number of non-ortho nitro benzene ring substituents is 1. The average molecular weight is 342 g/mol. The van der Waals surface area contributed by atoms with Gasteiger partial charge < -0.3 is 11.5 Å². The van der Waals surface area contributed by atoms with E-state index < -0.39 is 16.7 Å². The zero-order chi connectivity index (χ0) is 18.1. The number of nitrogens with two attached hydrogens (primary N) is 2. The highest BCUT2D eigenvalue weighted by Crippen LogP contribution is 2.33. The lowest BCUT2D eigenvalue weighted by Crippen LogP contribution is -2.42. The van der Waals surface area contributed by atoms with Gasteiger partial charge in [-0.05, 0) is 36.9 Å². The Labute approximate surface area is 143 Å². The topological polar surface area (TPSA) is 133 Å². The highest BCUT2D eigenvalue weighted by molar-refractivity contribution is 6.25. The number of carbonyl (C=O) groups is 2. The van der Waals surface area contributed by atoms with Gasteiger partial charge in [-0.25, -0.2) is 0 Å². The number of nitro groups is 1. The molecule has 0 radical (unpaired) electrons. The zero-order valence-corrected chi connectivity index (χ0v) is 13.5. The van der Waals surface area contributed by atoms with Crippen LogP contribution in [0.2, 0.25) is 0 Å². The smallest absolute Gasteiger partial charge is 0.270 e. The predicted molar refractivity (Wildman–Crippen MR) is 92.2 cm³/mol. The Morgan fingerprint density at radius 2 is 1.76 bits per heavy atom. The van der Waals surface area contributed by atoms with Gasteiger partial charge in [0.05, 0.1) is 10.5 Å². The molecule has 0 atom stereocenters. The molecular weight excluding hydrogens is 324 g/mol. The van der Waals surface area contributed by atoms with Gasteiger partial charge >= 0.3 is 0 Å². The van der Waals surface area contributed by atoms with Gasteiger partial charge in [0.2, 0.25) is 0 Å². The molecule has 1 heterocycles. The van der Waals surface area contributed by atoms with E-state index in [1.165, 1.54) is 12.1 Å². The van der Waals surface area contributed by atoms with E-state index in [1.54, 1.807) is 18.2 Å². The minimum Gasteiger partial charge on any atom is -0.330 e. The zero-order valence-electron chi connectivity index (χ0n) is 13.5. The lowest BCUT2D eigenvalue weighted by atomic mass is 9.93. The van der Waals surface area contributed by atoms with Crippen LogP contribution in [0.4, 0.5) is 5.69 Å². The summed E-state index contributed by atoms with van der Waals surface area (Å²) in [4.78, 5) is 37.3. The first kappa shape index (κ1) is 17.0. The number of rotatable bonds is 6. The number of nitro benzene ring substituents is 1. The van der Waals surface area contributed by atoms with E-state index in [2.05, 4.69) is 0 Å². The van der Waals surface area contributed by atoms with Crippen LogP contribution in [0.1, 0.15) is 27.1 Å². The van der Waals surface area contributed by atoms with E-state index in [0.717, 1.165) is 4.90 Å². The van der Waals surface area contributed by atoms with Crippen molar-refractivity contribution >= 4 is 28.3 Å². The van der Waals surface area contributed by atoms with E-state index in [0.29, 0.717) is 35.8 Å². The Kier molecular flexibility index (Phi) is 4.47. The van der Waals surface area contributed by atoms with Crippen LogP contribution >= 0.6 is 0 Å². The molecule has 2 amide bonds. The fraction of sp³-hybridized carbons (Fsp3) is 0.294. The molecule has 130 valence electrons. The summed E-state index contributed by atoms with van der Waals surface area (Å²) in [6.45, 7) is 0.907. The standard InChI is InChI=1S/C17H18N4O4/c18-8-10(9-19)4-5-20-16(22)13-3-1-2-11-6-12(21(24)25)7-14(15(11)13)17(20)23/h1-3,6-7,10H,4-5,8-9,18-19H2. The molecule has 2 aromatic carbocycles. The molecule has 8 nitrogen and oxygen atoms in total. The van der Waals surface area contributed by atoms with Gasteiger partial charge in [0.1, 0.15) is 0 Å². The molecule has 1 aliphatic heterocycles. The predicted octanol–water partition coefficient (Wildman–Crippen LogP) is 1.27. The van der Waals surface area contributed by atoms with Crippen LogP contribution in [0.3, 0.4) is 0 Å². The van der Waals surface area contributed by atoms with Crippen molar-refractivity contribution in [3.05, 3.63) is 51.6 Å². The van der Waals surface area contributed by atoms with Crippen molar-refractivity contribution in [1.29, 1.82) is 0 Å². The Morgan fingerprint density at radius 3 is 2.40 bits per heavy atom. The fourth-order valence-electron chi connectivity index (χ4n) is 3.09. The Balaban J connectivity index is 2.07. The van der Waals surface area contributed by atoms with Crippen molar-refractivity contribution in [2.45, 2.75) is 6.42 Å². The highest BCUT2D eigenvalue weighted by Gasteiger charge is 2.34. The van der Waals surface area contributed by atoms with Crippen molar-refractivity contribution in [2.75, 3.05) is 19.6 Å². The second kappa shape index (κ2) is 6.58. The van der Waals surface area contributed by atoms with Gasteiger partial charge in [0.15, 0.2) is 0 Å². The van der Waals surface area contributed by atoms with Crippen LogP contribution in [0, 0.1) is 16.0 Å². The molecule has 2 aromatic rings. The Bertz CT molecular complexity index is 876. The molecule has 0 aliphatic carbocycles. The summed E-state index contributed by atoms with van der Waals surface area (Å²) in [5.74, 6) is -0.919. The third-order valence-electron chi connectivity index (χ3n) is 4.55. The maximum atomic E-state index is 12.8. The molecule has 1 aliphatic rings. The van der Waals surface area contributed by atoms with Crippen LogP contribution in [-0.2, 0) is 0 Å². The molecule has 0 saturated heterocycles. The molecular formula is C17H18N4O4. The number of imide groups is 1. The summed E-state index contributed by atoms with van der Waals surface area (Å²) in [5, 5.41) is 12.1. The van der Waals surface area contributed by atoms with E-state index in [9.17, 15) is 19.7 Å². The number of amides is 2. The van der Waals surface area contributed by atoms with Crippen molar-refractivity contribution in [3.63, 3.8) is 0 Å². The molecule has 3 rings (SSSR count). The summed E-state index contributed by atoms with van der Waals surface area (Å²) in [6.07, 6.45) is 0.491. The number of hydrogen-bond acceptors (Lipinski definition) is 6. The third kappa shape index (κ3) is 2.86. The molecule has 0 spiro atoms. The van der Waals surface area contributed by atoms with Gasteiger partial charge in [-0.2, -0.15) is 0 Å². The molecule has 4 N–H and O–H groups in total. The quantitative estimate of drug-likeness (QED) is 0.461. The van der Waals surface area contributed by atoms with Crippen LogP contribution in [0.5, 0.6) is 0 Å². The normalized spacial score (nSPS) is 13.8. The van der Waals surface area contributed by atoms with Crippen molar-refractivity contribution in [2.24, 2.45) is 17.4 Å². The largest absolute Gasteiger partial charge is 0.330 e. The third-order valence-corrected chi connectivity index (χ3v) is 4.55. The van der Waals surface area contributed by atoms with Crippen LogP contribution in [0.25, 0.3) is 10.8 Å². The lowest BCUT2D eigenvalue weighted by molar-refractivity contribution is -0.384. The molecule has 8 heteroatoms. The molecule has 0 saturated carbocycles. The van der Waals surface area contributed by atoms with Gasteiger partial charge in [-0.15, -0.1) is 0 Å². The van der Waals surface area contributed by atoms with Crippen molar-refractivity contribution < 1.29 is 14.5 Å². The second-order valence-corrected chi connectivity index (χ2v) is 6.04. The molecule has 0 aromatic heterocycles. The number of hydrogen-bond donors (Lipinski definition) is 2. The van der Waals surface area contributed by atoms with Gasteiger partial charge in [-0.1, -0.05) is 12.1 Å². The maximum Gasteiger partial charge on any atom is 0.270 e. The lowest BCUT2D eigenvalue weighted by Gasteiger charge is -2.28. The van der Waals surface area contributed by atoms with Crippen molar-refractivity contribution in [1.82, 2.24) is 4.90 Å². The fourth-order valence-corrected chi connectivity index (χ4v) is 3.09. The van der Waals surface area contributed by atoms with Gasteiger partial charge in [-0.3, -0.25) is 24.6 Å². The number of carbonyl (C=O) groups excluding carboxylic acids is 2. The van der Waals surface area contributed by atoms with Crippen molar-refractivity contribution in [3.8, 4) is 0 Å². The molecule has 25 heavy (non-hydrogen) atoms. The maximum absolute atomic E-state index is 12.8. The van der Waals surface area contributed by atoms with E-state index >= 15 is 0 Å². The summed E-state index contributed by atoms with van der Waals surface area (Å²) < 4.78 is 0. The first-order valence-corrected chi connectivity index (χ1v) is 7.95.